The lowest BCUT2D eigenvalue weighted by atomic mass is 9.87. The molecule has 28 heavy (non-hydrogen) atoms. The summed E-state index contributed by atoms with van der Waals surface area (Å²) in [5, 5.41) is 3.54. The molecule has 3 aliphatic rings. The van der Waals surface area contributed by atoms with Crippen molar-refractivity contribution in [1.29, 1.82) is 0 Å². The molecular formula is C22H34IN3O2. The maximum Gasteiger partial charge on any atom is 0.193 e. The van der Waals surface area contributed by atoms with Crippen LogP contribution >= 0.6 is 24.0 Å². The zero-order valence-corrected chi connectivity index (χ0v) is 19.3. The van der Waals surface area contributed by atoms with Crippen LogP contribution in [0.4, 0.5) is 0 Å². The Morgan fingerprint density at radius 2 is 2.04 bits per heavy atom. The van der Waals surface area contributed by atoms with Gasteiger partial charge in [-0.2, -0.15) is 0 Å². The average molecular weight is 499 g/mol. The maximum absolute atomic E-state index is 6.05. The van der Waals surface area contributed by atoms with E-state index < -0.39 is 0 Å². The predicted octanol–water partition coefficient (Wildman–Crippen LogP) is 3.86. The number of halogens is 1. The zero-order valence-electron chi connectivity index (χ0n) is 17.0. The molecule has 156 valence electrons. The van der Waals surface area contributed by atoms with Crippen molar-refractivity contribution in [1.82, 2.24) is 10.2 Å². The fourth-order valence-electron chi connectivity index (χ4n) is 4.67. The van der Waals surface area contributed by atoms with Crippen molar-refractivity contribution in [2.24, 2.45) is 10.4 Å². The van der Waals surface area contributed by atoms with E-state index in [-0.39, 0.29) is 24.0 Å². The second-order valence-electron chi connectivity index (χ2n) is 8.37. The third kappa shape index (κ3) is 5.32. The summed E-state index contributed by atoms with van der Waals surface area (Å²) in [6.45, 7) is 4.88. The number of likely N-dealkylation sites (tertiary alicyclic amines) is 1. The Bertz CT molecular complexity index is 638. The molecule has 0 bridgehead atoms. The van der Waals surface area contributed by atoms with Crippen LogP contribution in [0.15, 0.2) is 29.3 Å². The van der Waals surface area contributed by atoms with Gasteiger partial charge in [0.05, 0.1) is 12.7 Å². The molecule has 2 heterocycles. The van der Waals surface area contributed by atoms with Crippen molar-refractivity contribution < 1.29 is 9.47 Å². The molecule has 0 amide bonds. The van der Waals surface area contributed by atoms with Crippen LogP contribution < -0.4 is 10.1 Å². The second kappa shape index (κ2) is 10.1. The predicted molar refractivity (Wildman–Crippen MR) is 124 cm³/mol. The summed E-state index contributed by atoms with van der Waals surface area (Å²) in [5.41, 5.74) is 1.70. The van der Waals surface area contributed by atoms with Crippen LogP contribution in [-0.2, 0) is 11.2 Å². The van der Waals surface area contributed by atoms with E-state index in [2.05, 4.69) is 39.5 Å². The van der Waals surface area contributed by atoms with Crippen LogP contribution in [-0.4, -0.2) is 56.9 Å². The summed E-state index contributed by atoms with van der Waals surface area (Å²) in [5.74, 6) is 2.04. The number of nitrogens with zero attached hydrogens (tertiary/aromatic N) is 2. The third-order valence-electron chi connectivity index (χ3n) is 6.36. The quantitative estimate of drug-likeness (QED) is 0.380. The third-order valence-corrected chi connectivity index (χ3v) is 6.36. The van der Waals surface area contributed by atoms with Gasteiger partial charge in [-0.3, -0.25) is 4.99 Å². The lowest BCUT2D eigenvalue weighted by Gasteiger charge is -2.25. The van der Waals surface area contributed by atoms with Crippen LogP contribution in [0.25, 0.3) is 0 Å². The Morgan fingerprint density at radius 1 is 1.25 bits per heavy atom. The fraction of sp³-hybridized carbons (Fsp3) is 0.682. The first-order chi connectivity index (χ1) is 13.3. The number of guanidine groups is 1. The molecule has 3 fully saturated rings. The Balaban J connectivity index is 0.00000225. The minimum absolute atomic E-state index is 0. The smallest absolute Gasteiger partial charge is 0.193 e. The molecule has 1 aliphatic carbocycles. The van der Waals surface area contributed by atoms with Crippen LogP contribution in [0.1, 0.15) is 44.1 Å². The monoisotopic (exact) mass is 499 g/mol. The molecule has 2 saturated heterocycles. The van der Waals surface area contributed by atoms with Gasteiger partial charge in [0.15, 0.2) is 5.96 Å². The van der Waals surface area contributed by atoms with Gasteiger partial charge >= 0.3 is 0 Å². The van der Waals surface area contributed by atoms with Gasteiger partial charge in [-0.1, -0.05) is 12.1 Å². The average Bonchev–Trinajstić information content (AvgIpc) is 3.44. The molecule has 4 rings (SSSR count). The van der Waals surface area contributed by atoms with Gasteiger partial charge < -0.3 is 19.7 Å². The van der Waals surface area contributed by atoms with E-state index >= 15 is 0 Å². The van der Waals surface area contributed by atoms with Gasteiger partial charge in [-0.25, -0.2) is 0 Å². The van der Waals surface area contributed by atoms with Crippen LogP contribution in [0.2, 0.25) is 0 Å². The van der Waals surface area contributed by atoms with Crippen molar-refractivity contribution in [3.63, 3.8) is 0 Å². The van der Waals surface area contributed by atoms with E-state index in [1.165, 1.54) is 44.1 Å². The lowest BCUT2D eigenvalue weighted by molar-refractivity contribution is 0.156. The van der Waals surface area contributed by atoms with E-state index in [0.29, 0.717) is 11.5 Å². The molecule has 1 aromatic carbocycles. The molecule has 0 aromatic heterocycles. The van der Waals surface area contributed by atoms with Gasteiger partial charge in [0, 0.05) is 38.7 Å². The van der Waals surface area contributed by atoms with Gasteiger partial charge in [0.1, 0.15) is 5.75 Å². The molecule has 6 heteroatoms. The highest BCUT2D eigenvalue weighted by atomic mass is 127. The molecule has 0 radical (unpaired) electrons. The lowest BCUT2D eigenvalue weighted by Crippen LogP contribution is -2.42. The topological polar surface area (TPSA) is 46.1 Å². The number of aliphatic imine (C=N–C) groups is 1. The van der Waals surface area contributed by atoms with E-state index in [1.807, 2.05) is 7.05 Å². The van der Waals surface area contributed by atoms with Gasteiger partial charge in [-0.15, -0.1) is 24.0 Å². The molecule has 1 atom stereocenters. The van der Waals surface area contributed by atoms with Gasteiger partial charge in [0.2, 0.25) is 0 Å². The molecule has 5 nitrogen and oxygen atoms in total. The summed E-state index contributed by atoms with van der Waals surface area (Å²) in [4.78, 5) is 6.89. The van der Waals surface area contributed by atoms with E-state index in [1.54, 1.807) is 0 Å². The standard InChI is InChI=1S/C22H33N3O2.HI/c1-23-21(25-14-11-22(16-25)12-15-26-17-22)24-13-10-18-6-8-20(9-7-18)27-19-4-2-3-5-19;/h6-9,19H,2-5,10-17H2,1H3,(H,23,24);1H. The summed E-state index contributed by atoms with van der Waals surface area (Å²) in [6.07, 6.45) is 8.84. The Kier molecular flexibility index (Phi) is 7.85. The van der Waals surface area contributed by atoms with Gasteiger partial charge in [-0.05, 0) is 62.6 Å². The van der Waals surface area contributed by atoms with Crippen molar-refractivity contribution >= 4 is 29.9 Å². The van der Waals surface area contributed by atoms with Crippen LogP contribution in [0, 0.1) is 5.41 Å². The van der Waals surface area contributed by atoms with Crippen molar-refractivity contribution in [2.75, 3.05) is 39.9 Å². The fourth-order valence-corrected chi connectivity index (χ4v) is 4.67. The molecule has 1 N–H and O–H groups in total. The first-order valence-corrected chi connectivity index (χ1v) is 10.6. The zero-order chi connectivity index (χ0) is 18.5. The highest BCUT2D eigenvalue weighted by Crippen LogP contribution is 2.38. The SMILES string of the molecule is CN=C(NCCc1ccc(OC2CCCC2)cc1)N1CCC2(CCOC2)C1.I. The molecule has 1 aromatic rings. The number of nitrogens with one attached hydrogen (secondary N) is 1. The minimum Gasteiger partial charge on any atom is -0.490 e. The first-order valence-electron chi connectivity index (χ1n) is 10.6. The highest BCUT2D eigenvalue weighted by Gasteiger charge is 2.42. The van der Waals surface area contributed by atoms with Gasteiger partial charge in [0.25, 0.3) is 0 Å². The Morgan fingerprint density at radius 3 is 2.71 bits per heavy atom. The number of rotatable bonds is 5. The summed E-state index contributed by atoms with van der Waals surface area (Å²) < 4.78 is 11.7. The normalized spacial score (nSPS) is 25.3. The first kappa shape index (κ1) is 21.7. The number of hydrogen-bond donors (Lipinski definition) is 1. The van der Waals surface area contributed by atoms with E-state index in [9.17, 15) is 0 Å². The van der Waals surface area contributed by atoms with Crippen molar-refractivity contribution in [3.05, 3.63) is 29.8 Å². The number of hydrogen-bond acceptors (Lipinski definition) is 3. The summed E-state index contributed by atoms with van der Waals surface area (Å²) in [6, 6.07) is 8.62. The molecule has 1 unspecified atom stereocenters. The number of benzene rings is 1. The summed E-state index contributed by atoms with van der Waals surface area (Å²) in [7, 11) is 1.88. The molecule has 1 spiro atoms. The number of ether oxygens (including phenoxy) is 2. The molecule has 2 aliphatic heterocycles. The van der Waals surface area contributed by atoms with Crippen molar-refractivity contribution in [3.8, 4) is 5.75 Å². The Hall–Kier alpha value is -1.02. The minimum atomic E-state index is 0. The second-order valence-corrected chi connectivity index (χ2v) is 8.37. The van der Waals surface area contributed by atoms with E-state index in [0.717, 1.165) is 51.0 Å². The van der Waals surface area contributed by atoms with E-state index in [4.69, 9.17) is 9.47 Å². The summed E-state index contributed by atoms with van der Waals surface area (Å²) >= 11 is 0. The van der Waals surface area contributed by atoms with Crippen LogP contribution in [0.5, 0.6) is 5.75 Å². The maximum atomic E-state index is 6.05. The van der Waals surface area contributed by atoms with Crippen molar-refractivity contribution in [2.45, 2.75) is 51.0 Å². The molecular weight excluding hydrogens is 465 g/mol. The molecule has 1 saturated carbocycles. The van der Waals surface area contributed by atoms with Crippen LogP contribution in [0.3, 0.4) is 0 Å². The largest absolute Gasteiger partial charge is 0.490 e. The highest BCUT2D eigenvalue weighted by molar-refractivity contribution is 14.0. The Labute approximate surface area is 186 Å².